The minimum Gasteiger partial charge on any atom is -0.481 e. The van der Waals surface area contributed by atoms with Crippen molar-refractivity contribution >= 4 is 12.1 Å². The van der Waals surface area contributed by atoms with Crippen LogP contribution in [0.2, 0.25) is 0 Å². The normalized spacial score (nSPS) is 9.25. The Morgan fingerprint density at radius 1 is 1.10 bits per heavy atom. The van der Waals surface area contributed by atoms with E-state index in [1.54, 1.807) is 0 Å². The van der Waals surface area contributed by atoms with Gasteiger partial charge in [-0.1, -0.05) is 36.8 Å². The summed E-state index contributed by atoms with van der Waals surface area (Å²) >= 11 is 0. The highest BCUT2D eigenvalue weighted by molar-refractivity contribution is 5.66. The molecular weight excluding hydrogens is 260 g/mol. The largest absolute Gasteiger partial charge is 0.481 e. The summed E-state index contributed by atoms with van der Waals surface area (Å²) in [6, 6.07) is 9.37. The van der Waals surface area contributed by atoms with Crippen molar-refractivity contribution in [1.29, 1.82) is 0 Å². The average Bonchev–Trinajstić information content (AvgIpc) is 2.43. The van der Waals surface area contributed by atoms with Crippen molar-refractivity contribution in [2.24, 2.45) is 11.5 Å². The third-order valence-corrected chi connectivity index (χ3v) is 2.32. The number of carboxylic acids is 1. The first kappa shape index (κ1) is 17.9. The van der Waals surface area contributed by atoms with Crippen molar-refractivity contribution in [1.82, 2.24) is 0 Å². The Balaban J connectivity index is 0.000000370. The number of aliphatic carboxylic acids is 1. The molecule has 0 atom stereocenters. The predicted molar refractivity (Wildman–Crippen MR) is 76.0 cm³/mol. The van der Waals surface area contributed by atoms with Crippen molar-refractivity contribution in [2.75, 3.05) is 6.54 Å². The molecule has 0 fully saturated rings. The van der Waals surface area contributed by atoms with Crippen LogP contribution in [-0.2, 0) is 16.1 Å². The summed E-state index contributed by atoms with van der Waals surface area (Å²) in [6.45, 7) is 0.912. The summed E-state index contributed by atoms with van der Waals surface area (Å²) in [5, 5.41) is 8.18. The van der Waals surface area contributed by atoms with Gasteiger partial charge in [0.1, 0.15) is 6.61 Å². The van der Waals surface area contributed by atoms with Crippen LogP contribution < -0.4 is 11.5 Å². The molecule has 5 N–H and O–H groups in total. The number of carboxylic acid groups (broad SMARTS) is 1. The zero-order valence-electron chi connectivity index (χ0n) is 11.5. The highest BCUT2D eigenvalue weighted by Crippen LogP contribution is 1.99. The lowest BCUT2D eigenvalue weighted by Gasteiger charge is -1.99. The Kier molecular flexibility index (Phi) is 10.7. The van der Waals surface area contributed by atoms with Gasteiger partial charge in [-0.05, 0) is 24.9 Å². The standard InChI is InChI=1S/C8H9NO2.C6H13NO2/c9-8(10)11-6-7-4-2-1-3-5-7;7-5-3-1-2-4-6(8)9/h1-5H,6H2,(H2,9,10);1-5,7H2,(H,8,9). The Morgan fingerprint density at radius 2 is 1.75 bits per heavy atom. The van der Waals surface area contributed by atoms with E-state index in [1.807, 2.05) is 30.3 Å². The summed E-state index contributed by atoms with van der Waals surface area (Å²) in [5.41, 5.74) is 10.9. The molecule has 0 spiro atoms. The topological polar surface area (TPSA) is 116 Å². The molecule has 0 saturated carbocycles. The SMILES string of the molecule is NC(=O)OCc1ccccc1.NCCCCCC(=O)O. The van der Waals surface area contributed by atoms with Gasteiger partial charge in [-0.2, -0.15) is 0 Å². The van der Waals surface area contributed by atoms with Crippen LogP contribution in [0.25, 0.3) is 0 Å². The number of hydrogen-bond acceptors (Lipinski definition) is 4. The number of nitrogens with two attached hydrogens (primary N) is 2. The third kappa shape index (κ3) is 12.4. The minimum absolute atomic E-state index is 0.246. The van der Waals surface area contributed by atoms with Crippen molar-refractivity contribution in [3.05, 3.63) is 35.9 Å². The zero-order chi connectivity index (χ0) is 15.2. The van der Waals surface area contributed by atoms with E-state index in [9.17, 15) is 9.59 Å². The number of hydrogen-bond donors (Lipinski definition) is 3. The van der Waals surface area contributed by atoms with Crippen LogP contribution in [0.5, 0.6) is 0 Å². The number of primary amides is 1. The molecule has 0 aromatic heterocycles. The lowest BCUT2D eigenvalue weighted by atomic mass is 10.2. The second kappa shape index (κ2) is 12.0. The van der Waals surface area contributed by atoms with Crippen LogP contribution in [0.4, 0.5) is 4.79 Å². The van der Waals surface area contributed by atoms with Crippen LogP contribution in [0.15, 0.2) is 30.3 Å². The Labute approximate surface area is 118 Å². The molecule has 0 bridgehead atoms. The molecule has 1 rings (SSSR count). The lowest BCUT2D eigenvalue weighted by molar-refractivity contribution is -0.137. The van der Waals surface area contributed by atoms with Gasteiger partial charge in [0.2, 0.25) is 0 Å². The molecule has 1 amide bonds. The number of benzene rings is 1. The van der Waals surface area contributed by atoms with Crippen molar-refractivity contribution in [3.8, 4) is 0 Å². The molecule has 1 aromatic carbocycles. The molecule has 0 saturated heterocycles. The Hall–Kier alpha value is -2.08. The number of carbonyl (C=O) groups excluding carboxylic acids is 1. The zero-order valence-corrected chi connectivity index (χ0v) is 11.5. The summed E-state index contributed by atoms with van der Waals surface area (Å²) in [6.07, 6.45) is 2.16. The van der Waals surface area contributed by atoms with Crippen LogP contribution in [-0.4, -0.2) is 23.7 Å². The van der Waals surface area contributed by atoms with Crippen LogP contribution in [0, 0.1) is 0 Å². The number of carbonyl (C=O) groups is 2. The Morgan fingerprint density at radius 3 is 2.25 bits per heavy atom. The van der Waals surface area contributed by atoms with Gasteiger partial charge in [-0.15, -0.1) is 0 Å². The summed E-state index contributed by atoms with van der Waals surface area (Å²) in [7, 11) is 0. The monoisotopic (exact) mass is 282 g/mol. The van der Waals surface area contributed by atoms with E-state index >= 15 is 0 Å². The van der Waals surface area contributed by atoms with E-state index in [0.29, 0.717) is 6.54 Å². The van der Waals surface area contributed by atoms with Gasteiger partial charge in [-0.3, -0.25) is 4.79 Å². The number of ether oxygens (including phenoxy) is 1. The highest BCUT2D eigenvalue weighted by Gasteiger charge is 1.94. The van der Waals surface area contributed by atoms with Crippen LogP contribution in [0.3, 0.4) is 0 Å². The van der Waals surface area contributed by atoms with Gasteiger partial charge in [0.05, 0.1) is 0 Å². The van der Waals surface area contributed by atoms with Gasteiger partial charge in [0.25, 0.3) is 0 Å². The first-order chi connectivity index (χ1) is 9.56. The first-order valence-electron chi connectivity index (χ1n) is 6.44. The smallest absolute Gasteiger partial charge is 0.404 e. The van der Waals surface area contributed by atoms with Gasteiger partial charge >= 0.3 is 12.1 Å². The fourth-order valence-corrected chi connectivity index (χ4v) is 1.33. The third-order valence-electron chi connectivity index (χ3n) is 2.32. The number of rotatable bonds is 7. The highest BCUT2D eigenvalue weighted by atomic mass is 16.5. The quantitative estimate of drug-likeness (QED) is 0.660. The molecule has 0 aliphatic carbocycles. The van der Waals surface area contributed by atoms with Crippen molar-refractivity contribution in [3.63, 3.8) is 0 Å². The molecule has 0 radical (unpaired) electrons. The average molecular weight is 282 g/mol. The van der Waals surface area contributed by atoms with Crippen LogP contribution >= 0.6 is 0 Å². The Bertz CT molecular complexity index is 382. The molecule has 0 unspecified atom stereocenters. The van der Waals surface area contributed by atoms with E-state index in [-0.39, 0.29) is 13.0 Å². The number of unbranched alkanes of at least 4 members (excludes halogenated alkanes) is 2. The fourth-order valence-electron chi connectivity index (χ4n) is 1.33. The molecule has 1 aromatic rings. The lowest BCUT2D eigenvalue weighted by Crippen LogP contribution is -2.12. The second-order valence-electron chi connectivity index (χ2n) is 4.09. The molecule has 6 nitrogen and oxygen atoms in total. The molecule has 112 valence electrons. The summed E-state index contributed by atoms with van der Waals surface area (Å²) in [5.74, 6) is -0.716. The van der Waals surface area contributed by atoms with Gasteiger partial charge < -0.3 is 21.3 Å². The van der Waals surface area contributed by atoms with E-state index in [0.717, 1.165) is 24.8 Å². The van der Waals surface area contributed by atoms with E-state index < -0.39 is 12.1 Å². The van der Waals surface area contributed by atoms with Crippen molar-refractivity contribution < 1.29 is 19.4 Å². The molecule has 20 heavy (non-hydrogen) atoms. The molecule has 6 heteroatoms. The van der Waals surface area contributed by atoms with E-state index in [1.165, 1.54) is 0 Å². The maximum absolute atomic E-state index is 10.2. The van der Waals surface area contributed by atoms with Crippen LogP contribution in [0.1, 0.15) is 31.2 Å². The van der Waals surface area contributed by atoms with E-state index in [4.69, 9.17) is 16.6 Å². The minimum atomic E-state index is -0.742. The maximum Gasteiger partial charge on any atom is 0.404 e. The molecule has 0 aliphatic rings. The van der Waals surface area contributed by atoms with Gasteiger partial charge in [-0.25, -0.2) is 4.79 Å². The second-order valence-corrected chi connectivity index (χ2v) is 4.09. The van der Waals surface area contributed by atoms with Gasteiger partial charge in [0.15, 0.2) is 0 Å². The van der Waals surface area contributed by atoms with Gasteiger partial charge in [0, 0.05) is 6.42 Å². The maximum atomic E-state index is 10.2. The predicted octanol–water partition coefficient (Wildman–Crippen LogP) is 1.87. The molecule has 0 aliphatic heterocycles. The molecular formula is C14H22N2O4. The van der Waals surface area contributed by atoms with E-state index in [2.05, 4.69) is 4.74 Å². The van der Waals surface area contributed by atoms with Crippen molar-refractivity contribution in [2.45, 2.75) is 32.3 Å². The summed E-state index contributed by atoms with van der Waals surface area (Å²) < 4.78 is 4.57. The first-order valence-corrected chi connectivity index (χ1v) is 6.44. The molecule has 0 heterocycles. The number of amides is 1. The fraction of sp³-hybridized carbons (Fsp3) is 0.429. The summed E-state index contributed by atoms with van der Waals surface area (Å²) in [4.78, 5) is 20.1.